The van der Waals surface area contributed by atoms with Crippen LogP contribution < -0.4 is 0 Å². The number of hydrogen-bond donors (Lipinski definition) is 0. The van der Waals surface area contributed by atoms with Gasteiger partial charge in [0.1, 0.15) is 6.10 Å². The van der Waals surface area contributed by atoms with Gasteiger partial charge in [0, 0.05) is 24.9 Å². The molecule has 2 aromatic rings. The summed E-state index contributed by atoms with van der Waals surface area (Å²) in [6.07, 6.45) is 3.88. The van der Waals surface area contributed by atoms with Crippen LogP contribution in [0.1, 0.15) is 31.5 Å². The lowest BCUT2D eigenvalue weighted by atomic mass is 10.2. The number of rotatable bonds is 4. The fourth-order valence-corrected chi connectivity index (χ4v) is 3.39. The number of nitrogens with zero attached hydrogens (tertiary/aromatic N) is 3. The van der Waals surface area contributed by atoms with E-state index in [-0.39, 0.29) is 12.1 Å². The minimum absolute atomic E-state index is 0.0764. The van der Waals surface area contributed by atoms with E-state index >= 15 is 0 Å². The molecule has 1 aliphatic rings. The van der Waals surface area contributed by atoms with Crippen LogP contribution in [-0.4, -0.2) is 41.0 Å². The molecule has 6 heteroatoms. The van der Waals surface area contributed by atoms with E-state index in [0.29, 0.717) is 19.1 Å². The zero-order chi connectivity index (χ0) is 14.1. The first kappa shape index (κ1) is 13.7. The largest absolute Gasteiger partial charge is 0.377 e. The van der Waals surface area contributed by atoms with Crippen molar-refractivity contribution in [3.05, 3.63) is 23.5 Å². The fourth-order valence-electron chi connectivity index (χ4n) is 2.41. The maximum atomic E-state index is 5.53. The van der Waals surface area contributed by atoms with Crippen LogP contribution in [0.4, 0.5) is 0 Å². The Morgan fingerprint density at radius 2 is 2.30 bits per heavy atom. The van der Waals surface area contributed by atoms with Crippen LogP contribution in [0.25, 0.3) is 10.8 Å². The Kier molecular flexibility index (Phi) is 3.87. The third-order valence-corrected chi connectivity index (χ3v) is 4.49. The molecule has 1 fully saturated rings. The standard InChI is InChI=1S/C14H19N3O2S/c1-9(2)10-8-20-14(16-10)13-15-4-5-17(13)11-6-19-7-12(11)18-3/h4-5,8-9,11-12H,6-7H2,1-3H3/t11-,12-/m0/s1. The normalized spacial score (nSPS) is 22.8. The van der Waals surface area contributed by atoms with Gasteiger partial charge in [-0.15, -0.1) is 11.3 Å². The number of ether oxygens (including phenoxy) is 2. The molecule has 5 nitrogen and oxygen atoms in total. The molecule has 0 N–H and O–H groups in total. The van der Waals surface area contributed by atoms with E-state index in [4.69, 9.17) is 9.47 Å². The highest BCUT2D eigenvalue weighted by Crippen LogP contribution is 2.30. The predicted octanol–water partition coefficient (Wildman–Crippen LogP) is 2.72. The van der Waals surface area contributed by atoms with Crippen LogP contribution in [0, 0.1) is 0 Å². The molecule has 3 heterocycles. The average Bonchev–Trinajstić information content (AvgIpc) is 3.16. The molecule has 0 unspecified atom stereocenters. The van der Waals surface area contributed by atoms with Crippen molar-refractivity contribution in [1.82, 2.24) is 14.5 Å². The van der Waals surface area contributed by atoms with E-state index in [2.05, 4.69) is 33.8 Å². The van der Waals surface area contributed by atoms with Crippen molar-refractivity contribution in [2.24, 2.45) is 0 Å². The van der Waals surface area contributed by atoms with Gasteiger partial charge in [-0.05, 0) is 5.92 Å². The maximum Gasteiger partial charge on any atom is 0.169 e. The Morgan fingerprint density at radius 1 is 1.45 bits per heavy atom. The van der Waals surface area contributed by atoms with Gasteiger partial charge in [0.25, 0.3) is 0 Å². The molecule has 0 amide bonds. The molecule has 0 aliphatic carbocycles. The molecule has 0 spiro atoms. The fraction of sp³-hybridized carbons (Fsp3) is 0.571. The van der Waals surface area contributed by atoms with Crippen molar-refractivity contribution < 1.29 is 9.47 Å². The minimum atomic E-state index is 0.0764. The first-order valence-corrected chi connectivity index (χ1v) is 7.68. The Labute approximate surface area is 122 Å². The summed E-state index contributed by atoms with van der Waals surface area (Å²) in [6, 6.07) is 0.170. The molecule has 0 radical (unpaired) electrons. The SMILES string of the molecule is CO[C@H]1COC[C@@H]1n1ccnc1-c1nc(C(C)C)cs1. The summed E-state index contributed by atoms with van der Waals surface area (Å²) in [4.78, 5) is 9.16. The van der Waals surface area contributed by atoms with Gasteiger partial charge in [0.2, 0.25) is 0 Å². The molecule has 0 bridgehead atoms. The van der Waals surface area contributed by atoms with Crippen LogP contribution in [0.15, 0.2) is 17.8 Å². The first-order chi connectivity index (χ1) is 9.70. The topological polar surface area (TPSA) is 49.2 Å². The van der Waals surface area contributed by atoms with Gasteiger partial charge < -0.3 is 14.0 Å². The van der Waals surface area contributed by atoms with Gasteiger partial charge in [-0.25, -0.2) is 9.97 Å². The van der Waals surface area contributed by atoms with Crippen LogP contribution in [0.3, 0.4) is 0 Å². The van der Waals surface area contributed by atoms with E-state index in [1.807, 2.05) is 12.4 Å². The summed E-state index contributed by atoms with van der Waals surface area (Å²) in [7, 11) is 1.73. The third-order valence-electron chi connectivity index (χ3n) is 3.63. The first-order valence-electron chi connectivity index (χ1n) is 6.80. The van der Waals surface area contributed by atoms with Crippen LogP contribution in [0.5, 0.6) is 0 Å². The second kappa shape index (κ2) is 5.63. The van der Waals surface area contributed by atoms with Gasteiger partial charge >= 0.3 is 0 Å². The van der Waals surface area contributed by atoms with Crippen molar-refractivity contribution >= 4 is 11.3 Å². The number of imidazole rings is 1. The number of aromatic nitrogens is 3. The number of methoxy groups -OCH3 is 1. The number of hydrogen-bond acceptors (Lipinski definition) is 5. The molecule has 2 aromatic heterocycles. The molecule has 20 heavy (non-hydrogen) atoms. The van der Waals surface area contributed by atoms with Gasteiger partial charge in [-0.3, -0.25) is 0 Å². The summed E-state index contributed by atoms with van der Waals surface area (Å²) in [5, 5.41) is 3.07. The second-order valence-electron chi connectivity index (χ2n) is 5.27. The van der Waals surface area contributed by atoms with Gasteiger partial charge in [-0.2, -0.15) is 0 Å². The monoisotopic (exact) mass is 293 g/mol. The molecule has 108 valence electrons. The van der Waals surface area contributed by atoms with E-state index in [1.165, 1.54) is 0 Å². The summed E-state index contributed by atoms with van der Waals surface area (Å²) >= 11 is 1.64. The van der Waals surface area contributed by atoms with Crippen molar-refractivity contribution in [3.8, 4) is 10.8 Å². The highest BCUT2D eigenvalue weighted by atomic mass is 32.1. The molecule has 1 aliphatic heterocycles. The molecule has 0 aromatic carbocycles. The smallest absolute Gasteiger partial charge is 0.169 e. The van der Waals surface area contributed by atoms with E-state index in [0.717, 1.165) is 16.5 Å². The lowest BCUT2D eigenvalue weighted by Gasteiger charge is -2.19. The van der Waals surface area contributed by atoms with Crippen molar-refractivity contribution in [1.29, 1.82) is 0 Å². The molecular formula is C14H19N3O2S. The van der Waals surface area contributed by atoms with E-state index in [1.54, 1.807) is 18.4 Å². The minimum Gasteiger partial charge on any atom is -0.377 e. The Hall–Kier alpha value is -1.24. The summed E-state index contributed by atoms with van der Waals surface area (Å²) in [6.45, 7) is 5.59. The highest BCUT2D eigenvalue weighted by Gasteiger charge is 2.31. The maximum absolute atomic E-state index is 5.53. The Morgan fingerprint density at radius 3 is 3.00 bits per heavy atom. The van der Waals surface area contributed by atoms with Crippen molar-refractivity contribution in [3.63, 3.8) is 0 Å². The molecule has 1 saturated heterocycles. The van der Waals surface area contributed by atoms with Crippen LogP contribution in [0.2, 0.25) is 0 Å². The average molecular weight is 293 g/mol. The van der Waals surface area contributed by atoms with Crippen LogP contribution in [-0.2, 0) is 9.47 Å². The van der Waals surface area contributed by atoms with Crippen LogP contribution >= 0.6 is 11.3 Å². The molecular weight excluding hydrogens is 274 g/mol. The molecule has 3 rings (SSSR count). The highest BCUT2D eigenvalue weighted by molar-refractivity contribution is 7.13. The third kappa shape index (κ3) is 2.39. The van der Waals surface area contributed by atoms with Gasteiger partial charge in [0.05, 0.1) is 24.9 Å². The zero-order valence-corrected chi connectivity index (χ0v) is 12.8. The van der Waals surface area contributed by atoms with Gasteiger partial charge in [0.15, 0.2) is 10.8 Å². The van der Waals surface area contributed by atoms with E-state index in [9.17, 15) is 0 Å². The summed E-state index contributed by atoms with van der Waals surface area (Å²) in [5.41, 5.74) is 1.12. The molecule has 0 saturated carbocycles. The van der Waals surface area contributed by atoms with E-state index < -0.39 is 0 Å². The van der Waals surface area contributed by atoms with Crippen molar-refractivity contribution in [2.75, 3.05) is 20.3 Å². The predicted molar refractivity (Wildman–Crippen MR) is 78.1 cm³/mol. The van der Waals surface area contributed by atoms with Crippen molar-refractivity contribution in [2.45, 2.75) is 31.9 Å². The summed E-state index contributed by atoms with van der Waals surface area (Å²) < 4.78 is 13.1. The van der Waals surface area contributed by atoms with Gasteiger partial charge in [-0.1, -0.05) is 13.8 Å². The Balaban J connectivity index is 1.93. The lowest BCUT2D eigenvalue weighted by molar-refractivity contribution is 0.0688. The Bertz CT molecular complexity index is 578. The zero-order valence-electron chi connectivity index (χ0n) is 11.9. The quantitative estimate of drug-likeness (QED) is 0.869. The summed E-state index contributed by atoms with van der Waals surface area (Å²) in [5.74, 6) is 1.34. The lowest BCUT2D eigenvalue weighted by Crippen LogP contribution is -2.24. The second-order valence-corrected chi connectivity index (χ2v) is 6.13. The molecule has 2 atom stereocenters. The number of thiazole rings is 1.